The molecule has 4 heteroatoms. The maximum atomic E-state index is 11.8. The molecule has 3 rings (SSSR count). The Kier molecular flexibility index (Phi) is 2.35. The molecule has 0 radical (unpaired) electrons. The van der Waals surface area contributed by atoms with E-state index in [1.807, 2.05) is 36.4 Å². The first kappa shape index (κ1) is 11.7. The highest BCUT2D eigenvalue weighted by Crippen LogP contribution is 2.38. The van der Waals surface area contributed by atoms with Gasteiger partial charge in [0.05, 0.1) is 0 Å². The van der Waals surface area contributed by atoms with Crippen molar-refractivity contribution < 1.29 is 9.59 Å². The van der Waals surface area contributed by atoms with Crippen molar-refractivity contribution in [1.82, 2.24) is 0 Å². The fourth-order valence-corrected chi connectivity index (χ4v) is 2.98. The van der Waals surface area contributed by atoms with Gasteiger partial charge in [-0.15, -0.1) is 0 Å². The van der Waals surface area contributed by atoms with Crippen LogP contribution < -0.4 is 11.5 Å². The largest absolute Gasteiger partial charge is 0.369 e. The lowest BCUT2D eigenvalue weighted by atomic mass is 9.69. The zero-order chi connectivity index (χ0) is 13.6. The molecule has 1 aliphatic carbocycles. The fourth-order valence-electron chi connectivity index (χ4n) is 2.98. The molecular formula is C15H14N2O2. The minimum absolute atomic E-state index is 0.284. The summed E-state index contributed by atoms with van der Waals surface area (Å²) < 4.78 is 0. The molecule has 19 heavy (non-hydrogen) atoms. The average molecular weight is 254 g/mol. The van der Waals surface area contributed by atoms with Gasteiger partial charge < -0.3 is 11.5 Å². The molecule has 96 valence electrons. The Hall–Kier alpha value is -2.36. The van der Waals surface area contributed by atoms with Crippen molar-refractivity contribution >= 4 is 22.6 Å². The molecule has 0 atom stereocenters. The van der Waals surface area contributed by atoms with E-state index in [-0.39, 0.29) is 12.8 Å². The van der Waals surface area contributed by atoms with Crippen molar-refractivity contribution in [3.05, 3.63) is 47.5 Å². The highest BCUT2D eigenvalue weighted by atomic mass is 16.2. The second-order valence-electron chi connectivity index (χ2n) is 5.10. The Morgan fingerprint density at radius 2 is 1.37 bits per heavy atom. The van der Waals surface area contributed by atoms with Gasteiger partial charge in [0.1, 0.15) is 5.41 Å². The van der Waals surface area contributed by atoms with Crippen LogP contribution in [0.25, 0.3) is 10.8 Å². The standard InChI is InChI=1S/C15H14N2O2/c16-13(18)15(14(17)19)7-10-5-1-3-9-4-2-6-11(8-15)12(9)10/h1-6H,7-8H2,(H2,16,18)(H2,17,19). The van der Waals surface area contributed by atoms with Crippen LogP contribution in [0.1, 0.15) is 11.1 Å². The second-order valence-corrected chi connectivity index (χ2v) is 5.10. The first-order valence-electron chi connectivity index (χ1n) is 6.14. The predicted octanol–water partition coefficient (Wildman–Crippen LogP) is 0.895. The number of primary amides is 2. The number of amides is 2. The summed E-state index contributed by atoms with van der Waals surface area (Å²) in [5.74, 6) is -1.29. The van der Waals surface area contributed by atoms with Crippen LogP contribution in [0.5, 0.6) is 0 Å². The lowest BCUT2D eigenvalue weighted by Crippen LogP contribution is -2.51. The second kappa shape index (κ2) is 3.82. The van der Waals surface area contributed by atoms with Gasteiger partial charge in [-0.2, -0.15) is 0 Å². The van der Waals surface area contributed by atoms with Crippen LogP contribution in [0.15, 0.2) is 36.4 Å². The number of carbonyl (C=O) groups excluding carboxylic acids is 2. The Morgan fingerprint density at radius 3 is 1.79 bits per heavy atom. The summed E-state index contributed by atoms with van der Waals surface area (Å²) in [5.41, 5.74) is 11.5. The zero-order valence-electron chi connectivity index (χ0n) is 10.3. The molecule has 4 nitrogen and oxygen atoms in total. The number of rotatable bonds is 2. The highest BCUT2D eigenvalue weighted by molar-refractivity contribution is 6.06. The van der Waals surface area contributed by atoms with E-state index in [1.165, 1.54) is 0 Å². The molecule has 4 N–H and O–H groups in total. The topological polar surface area (TPSA) is 86.2 Å². The minimum Gasteiger partial charge on any atom is -0.369 e. The van der Waals surface area contributed by atoms with Crippen LogP contribution in [0.3, 0.4) is 0 Å². The molecule has 0 aromatic heterocycles. The van der Waals surface area contributed by atoms with Crippen LogP contribution in [-0.2, 0) is 22.4 Å². The maximum Gasteiger partial charge on any atom is 0.233 e. The first-order valence-corrected chi connectivity index (χ1v) is 6.14. The van der Waals surface area contributed by atoms with Gasteiger partial charge in [0.15, 0.2) is 0 Å². The molecule has 0 unspecified atom stereocenters. The predicted molar refractivity (Wildman–Crippen MR) is 72.2 cm³/mol. The third-order valence-electron chi connectivity index (χ3n) is 4.01. The van der Waals surface area contributed by atoms with Crippen molar-refractivity contribution in [2.24, 2.45) is 16.9 Å². The van der Waals surface area contributed by atoms with Crippen molar-refractivity contribution in [1.29, 1.82) is 0 Å². The lowest BCUT2D eigenvalue weighted by molar-refractivity contribution is -0.139. The van der Waals surface area contributed by atoms with E-state index in [1.54, 1.807) is 0 Å². The smallest absolute Gasteiger partial charge is 0.233 e. The number of benzene rings is 2. The van der Waals surface area contributed by atoms with Crippen molar-refractivity contribution in [2.45, 2.75) is 12.8 Å². The quantitative estimate of drug-likeness (QED) is 0.780. The van der Waals surface area contributed by atoms with E-state index in [0.717, 1.165) is 21.9 Å². The van der Waals surface area contributed by atoms with Crippen molar-refractivity contribution in [2.75, 3.05) is 0 Å². The van der Waals surface area contributed by atoms with Gasteiger partial charge in [0.25, 0.3) is 0 Å². The number of nitrogens with two attached hydrogens (primary N) is 2. The molecule has 0 fully saturated rings. The summed E-state index contributed by atoms with van der Waals surface area (Å²) in [4.78, 5) is 23.5. The summed E-state index contributed by atoms with van der Waals surface area (Å²) in [6, 6.07) is 11.7. The van der Waals surface area contributed by atoms with Crippen LogP contribution >= 0.6 is 0 Å². The Balaban J connectivity index is 2.28. The monoisotopic (exact) mass is 254 g/mol. The number of hydrogen-bond acceptors (Lipinski definition) is 2. The van der Waals surface area contributed by atoms with E-state index in [4.69, 9.17) is 11.5 Å². The summed E-state index contributed by atoms with van der Waals surface area (Å²) >= 11 is 0. The molecule has 2 aromatic rings. The van der Waals surface area contributed by atoms with Gasteiger partial charge in [-0.1, -0.05) is 36.4 Å². The van der Waals surface area contributed by atoms with Gasteiger partial charge in [0.2, 0.25) is 11.8 Å². The lowest BCUT2D eigenvalue weighted by Gasteiger charge is -2.32. The van der Waals surface area contributed by atoms with Crippen molar-refractivity contribution in [3.8, 4) is 0 Å². The van der Waals surface area contributed by atoms with Crippen LogP contribution in [0.4, 0.5) is 0 Å². The van der Waals surface area contributed by atoms with Gasteiger partial charge in [-0.25, -0.2) is 0 Å². The molecule has 0 bridgehead atoms. The SMILES string of the molecule is NC(=O)C1(C(N)=O)Cc2cccc3cccc(c23)C1. The Morgan fingerprint density at radius 1 is 0.895 bits per heavy atom. The normalized spacial score (nSPS) is 16.2. The Labute approximate surface area is 110 Å². The van der Waals surface area contributed by atoms with E-state index in [0.29, 0.717) is 0 Å². The maximum absolute atomic E-state index is 11.8. The third-order valence-corrected chi connectivity index (χ3v) is 4.01. The van der Waals surface area contributed by atoms with Gasteiger partial charge in [0, 0.05) is 0 Å². The summed E-state index contributed by atoms with van der Waals surface area (Å²) in [6.45, 7) is 0. The molecule has 0 spiro atoms. The van der Waals surface area contributed by atoms with E-state index < -0.39 is 17.2 Å². The number of carbonyl (C=O) groups is 2. The molecule has 0 aliphatic heterocycles. The summed E-state index contributed by atoms with van der Waals surface area (Å²) in [6.07, 6.45) is 0.567. The van der Waals surface area contributed by atoms with E-state index in [9.17, 15) is 9.59 Å². The van der Waals surface area contributed by atoms with Gasteiger partial charge in [-0.3, -0.25) is 9.59 Å². The molecule has 0 saturated heterocycles. The molecule has 2 aromatic carbocycles. The van der Waals surface area contributed by atoms with E-state index >= 15 is 0 Å². The van der Waals surface area contributed by atoms with E-state index in [2.05, 4.69) is 0 Å². The summed E-state index contributed by atoms with van der Waals surface area (Å²) in [7, 11) is 0. The van der Waals surface area contributed by atoms with Crippen LogP contribution in [0.2, 0.25) is 0 Å². The molecule has 1 aliphatic rings. The summed E-state index contributed by atoms with van der Waals surface area (Å²) in [5, 5.41) is 2.22. The number of hydrogen-bond donors (Lipinski definition) is 2. The molecule has 0 heterocycles. The van der Waals surface area contributed by atoms with Crippen LogP contribution in [-0.4, -0.2) is 11.8 Å². The molecule has 0 saturated carbocycles. The van der Waals surface area contributed by atoms with Crippen molar-refractivity contribution in [3.63, 3.8) is 0 Å². The van der Waals surface area contributed by atoms with Gasteiger partial charge in [-0.05, 0) is 34.7 Å². The average Bonchev–Trinajstić information content (AvgIpc) is 2.38. The molecular weight excluding hydrogens is 240 g/mol. The van der Waals surface area contributed by atoms with Gasteiger partial charge >= 0.3 is 0 Å². The minimum atomic E-state index is -1.30. The zero-order valence-corrected chi connectivity index (χ0v) is 10.3. The highest BCUT2D eigenvalue weighted by Gasteiger charge is 2.45. The first-order chi connectivity index (χ1) is 9.04. The Bertz CT molecular complexity index is 650. The fraction of sp³-hybridized carbons (Fsp3) is 0.200. The molecule has 2 amide bonds. The third kappa shape index (κ3) is 1.53. The van der Waals surface area contributed by atoms with Crippen LogP contribution in [0, 0.1) is 5.41 Å².